The van der Waals surface area contributed by atoms with Crippen LogP contribution in [0.15, 0.2) is 48.5 Å². The molecule has 0 saturated heterocycles. The van der Waals surface area contributed by atoms with Gasteiger partial charge in [0.15, 0.2) is 0 Å². The van der Waals surface area contributed by atoms with Gasteiger partial charge in [0, 0.05) is 24.2 Å². The summed E-state index contributed by atoms with van der Waals surface area (Å²) in [6, 6.07) is 14.6. The first-order chi connectivity index (χ1) is 11.1. The van der Waals surface area contributed by atoms with Crippen LogP contribution in [0.3, 0.4) is 0 Å². The summed E-state index contributed by atoms with van der Waals surface area (Å²) in [5.41, 5.74) is 1.95. The monoisotopic (exact) mass is 314 g/mol. The molecular weight excluding hydrogens is 292 g/mol. The average molecular weight is 314 g/mol. The fourth-order valence-corrected chi connectivity index (χ4v) is 2.19. The molecule has 0 aliphatic carbocycles. The topological polar surface area (TPSA) is 64.4 Å². The zero-order valence-electron chi connectivity index (χ0n) is 13.5. The highest BCUT2D eigenvalue weighted by molar-refractivity contribution is 5.44. The zero-order chi connectivity index (χ0) is 16.7. The van der Waals surface area contributed by atoms with E-state index in [1.807, 2.05) is 30.3 Å². The number of nitro benzene ring substituents is 1. The lowest BCUT2D eigenvalue weighted by atomic mass is 10.1. The van der Waals surface area contributed by atoms with E-state index in [9.17, 15) is 10.1 Å². The van der Waals surface area contributed by atoms with Gasteiger partial charge in [-0.2, -0.15) is 0 Å². The number of rotatable bonds is 8. The molecule has 1 N–H and O–H groups in total. The normalized spacial score (nSPS) is 10.7. The van der Waals surface area contributed by atoms with Crippen molar-refractivity contribution < 1.29 is 9.66 Å². The molecule has 5 heteroatoms. The van der Waals surface area contributed by atoms with Crippen LogP contribution in [-0.4, -0.2) is 11.5 Å². The summed E-state index contributed by atoms with van der Waals surface area (Å²) >= 11 is 0. The van der Waals surface area contributed by atoms with Gasteiger partial charge in [-0.15, -0.1) is 0 Å². The first-order valence-corrected chi connectivity index (χ1v) is 7.71. The zero-order valence-corrected chi connectivity index (χ0v) is 13.5. The highest BCUT2D eigenvalue weighted by Gasteiger charge is 2.12. The molecule has 0 aliphatic heterocycles. The van der Waals surface area contributed by atoms with E-state index in [0.29, 0.717) is 24.8 Å². The van der Waals surface area contributed by atoms with Gasteiger partial charge in [-0.3, -0.25) is 10.1 Å². The van der Waals surface area contributed by atoms with Gasteiger partial charge in [-0.25, -0.2) is 0 Å². The molecule has 0 fully saturated rings. The third-order valence-electron chi connectivity index (χ3n) is 3.36. The van der Waals surface area contributed by atoms with Gasteiger partial charge in [0.05, 0.1) is 4.92 Å². The van der Waals surface area contributed by atoms with Crippen LogP contribution in [0.5, 0.6) is 5.75 Å². The van der Waals surface area contributed by atoms with Crippen molar-refractivity contribution in [3.05, 3.63) is 69.8 Å². The molecule has 0 heterocycles. The Kier molecular flexibility index (Phi) is 6.11. The predicted molar refractivity (Wildman–Crippen MR) is 90.4 cm³/mol. The minimum Gasteiger partial charge on any atom is -0.489 e. The van der Waals surface area contributed by atoms with Crippen molar-refractivity contribution in [1.29, 1.82) is 0 Å². The molecule has 23 heavy (non-hydrogen) atoms. The quantitative estimate of drug-likeness (QED) is 0.592. The lowest BCUT2D eigenvalue weighted by Crippen LogP contribution is -2.19. The second kappa shape index (κ2) is 8.29. The van der Waals surface area contributed by atoms with E-state index in [0.717, 1.165) is 17.7 Å². The lowest BCUT2D eigenvalue weighted by Gasteiger charge is -2.13. The maximum Gasteiger partial charge on any atom is 0.270 e. The molecule has 2 rings (SSSR count). The van der Waals surface area contributed by atoms with Crippen molar-refractivity contribution in [2.24, 2.45) is 5.92 Å². The first-order valence-electron chi connectivity index (χ1n) is 7.71. The van der Waals surface area contributed by atoms with Crippen molar-refractivity contribution in [2.45, 2.75) is 27.0 Å². The van der Waals surface area contributed by atoms with Gasteiger partial charge in [-0.05, 0) is 24.1 Å². The lowest BCUT2D eigenvalue weighted by molar-refractivity contribution is -0.384. The number of nitrogens with one attached hydrogen (secondary N) is 1. The fourth-order valence-electron chi connectivity index (χ4n) is 2.19. The van der Waals surface area contributed by atoms with E-state index in [4.69, 9.17) is 4.74 Å². The molecule has 0 radical (unpaired) electrons. The molecule has 0 saturated carbocycles. The third kappa shape index (κ3) is 5.38. The first kappa shape index (κ1) is 17.0. The van der Waals surface area contributed by atoms with E-state index in [1.54, 1.807) is 12.1 Å². The Hall–Kier alpha value is -2.40. The number of nitro groups is 1. The molecule has 122 valence electrons. The van der Waals surface area contributed by atoms with Crippen molar-refractivity contribution in [1.82, 2.24) is 5.32 Å². The molecule has 0 aliphatic rings. The number of hydrogen-bond acceptors (Lipinski definition) is 4. The Morgan fingerprint density at radius 3 is 2.57 bits per heavy atom. The SMILES string of the molecule is CC(C)CNCc1cc([N+](=O)[O-])ccc1OCc1ccccc1. The predicted octanol–water partition coefficient (Wildman–Crippen LogP) is 3.92. The maximum atomic E-state index is 11.0. The molecule has 0 spiro atoms. The summed E-state index contributed by atoms with van der Waals surface area (Å²) in [6.45, 7) is 6.07. The minimum atomic E-state index is -0.382. The van der Waals surface area contributed by atoms with Crippen LogP contribution in [0.2, 0.25) is 0 Å². The maximum absolute atomic E-state index is 11.0. The summed E-state index contributed by atoms with van der Waals surface area (Å²) in [6.07, 6.45) is 0. The van der Waals surface area contributed by atoms with Crippen molar-refractivity contribution in [3.63, 3.8) is 0 Å². The third-order valence-corrected chi connectivity index (χ3v) is 3.36. The molecule has 0 atom stereocenters. The Balaban J connectivity index is 2.10. The van der Waals surface area contributed by atoms with E-state index in [2.05, 4.69) is 19.2 Å². The molecule has 2 aromatic rings. The van der Waals surface area contributed by atoms with Gasteiger partial charge < -0.3 is 10.1 Å². The highest BCUT2D eigenvalue weighted by atomic mass is 16.6. The van der Waals surface area contributed by atoms with Crippen LogP contribution in [0.1, 0.15) is 25.0 Å². The fraction of sp³-hybridized carbons (Fsp3) is 0.333. The van der Waals surface area contributed by atoms with Crippen LogP contribution in [0, 0.1) is 16.0 Å². The molecular formula is C18H22N2O3. The Morgan fingerprint density at radius 1 is 1.17 bits per heavy atom. The van der Waals surface area contributed by atoms with Gasteiger partial charge in [0.1, 0.15) is 12.4 Å². The van der Waals surface area contributed by atoms with E-state index in [1.165, 1.54) is 6.07 Å². The van der Waals surface area contributed by atoms with Crippen molar-refractivity contribution in [3.8, 4) is 5.75 Å². The molecule has 5 nitrogen and oxygen atoms in total. The molecule has 2 aromatic carbocycles. The van der Waals surface area contributed by atoms with E-state index in [-0.39, 0.29) is 10.6 Å². The second-order valence-corrected chi connectivity index (χ2v) is 5.85. The van der Waals surface area contributed by atoms with Crippen LogP contribution in [-0.2, 0) is 13.2 Å². The van der Waals surface area contributed by atoms with Gasteiger partial charge >= 0.3 is 0 Å². The summed E-state index contributed by atoms with van der Waals surface area (Å²) in [5, 5.41) is 14.3. The van der Waals surface area contributed by atoms with Crippen LogP contribution >= 0.6 is 0 Å². The van der Waals surface area contributed by atoms with Gasteiger partial charge in [0.2, 0.25) is 0 Å². The molecule has 0 bridgehead atoms. The molecule has 0 aromatic heterocycles. The molecule has 0 unspecified atom stereocenters. The standard InChI is InChI=1S/C18H22N2O3/c1-14(2)11-19-12-16-10-17(20(21)22)8-9-18(16)23-13-15-6-4-3-5-7-15/h3-10,14,19H,11-13H2,1-2H3. The van der Waals surface area contributed by atoms with Gasteiger partial charge in [0.25, 0.3) is 5.69 Å². The largest absolute Gasteiger partial charge is 0.489 e. The number of hydrogen-bond donors (Lipinski definition) is 1. The smallest absolute Gasteiger partial charge is 0.270 e. The Morgan fingerprint density at radius 2 is 1.91 bits per heavy atom. The number of non-ortho nitro benzene ring substituents is 1. The average Bonchev–Trinajstić information content (AvgIpc) is 2.54. The second-order valence-electron chi connectivity index (χ2n) is 5.85. The van der Waals surface area contributed by atoms with Crippen molar-refractivity contribution in [2.75, 3.05) is 6.54 Å². The van der Waals surface area contributed by atoms with Crippen LogP contribution in [0.4, 0.5) is 5.69 Å². The number of benzene rings is 2. The Labute approximate surface area is 136 Å². The van der Waals surface area contributed by atoms with Crippen LogP contribution in [0.25, 0.3) is 0 Å². The van der Waals surface area contributed by atoms with Crippen LogP contribution < -0.4 is 10.1 Å². The van der Waals surface area contributed by atoms with E-state index < -0.39 is 0 Å². The summed E-state index contributed by atoms with van der Waals surface area (Å²) in [4.78, 5) is 10.6. The minimum absolute atomic E-state index is 0.0819. The van der Waals surface area contributed by atoms with Crippen molar-refractivity contribution >= 4 is 5.69 Å². The summed E-state index contributed by atoms with van der Waals surface area (Å²) < 4.78 is 5.85. The number of nitrogens with zero attached hydrogens (tertiary/aromatic N) is 1. The highest BCUT2D eigenvalue weighted by Crippen LogP contribution is 2.25. The van der Waals surface area contributed by atoms with Gasteiger partial charge in [-0.1, -0.05) is 44.2 Å². The summed E-state index contributed by atoms with van der Waals surface area (Å²) in [7, 11) is 0. The Bertz CT molecular complexity index is 642. The molecule has 0 amide bonds. The van der Waals surface area contributed by atoms with E-state index >= 15 is 0 Å². The summed E-state index contributed by atoms with van der Waals surface area (Å²) in [5.74, 6) is 1.19. The number of ether oxygens (including phenoxy) is 1.